The van der Waals surface area contributed by atoms with Gasteiger partial charge in [-0.3, -0.25) is 0 Å². The van der Waals surface area contributed by atoms with Crippen LogP contribution in [0.5, 0.6) is 0 Å². The van der Waals surface area contributed by atoms with E-state index in [4.69, 9.17) is 18.9 Å². The molecule has 2 aliphatic heterocycles. The molecule has 3 aliphatic rings. The molecular formula is C19H26O6. The Morgan fingerprint density at radius 2 is 1.96 bits per heavy atom. The number of hydrogen-bond donors (Lipinski definition) is 2. The molecule has 2 saturated heterocycles. The summed E-state index contributed by atoms with van der Waals surface area (Å²) in [5, 5.41) is 20.1. The molecule has 138 valence electrons. The molecule has 3 fully saturated rings. The molecule has 0 aromatic heterocycles. The van der Waals surface area contributed by atoms with Crippen LogP contribution in [0.25, 0.3) is 0 Å². The maximum atomic E-state index is 10.6. The first-order chi connectivity index (χ1) is 12.1. The van der Waals surface area contributed by atoms with Gasteiger partial charge in [0, 0.05) is 11.0 Å². The van der Waals surface area contributed by atoms with Crippen molar-refractivity contribution in [2.24, 2.45) is 5.41 Å². The summed E-state index contributed by atoms with van der Waals surface area (Å²) in [6, 6.07) is 9.73. The summed E-state index contributed by atoms with van der Waals surface area (Å²) in [4.78, 5) is 0. The van der Waals surface area contributed by atoms with Gasteiger partial charge in [0.2, 0.25) is 0 Å². The van der Waals surface area contributed by atoms with Gasteiger partial charge in [-0.15, -0.1) is 0 Å². The van der Waals surface area contributed by atoms with E-state index in [1.54, 1.807) is 0 Å². The monoisotopic (exact) mass is 350 g/mol. The third kappa shape index (κ3) is 3.47. The fraction of sp³-hybridized carbons (Fsp3) is 0.684. The van der Waals surface area contributed by atoms with Gasteiger partial charge in [0.15, 0.2) is 6.29 Å². The fourth-order valence-electron chi connectivity index (χ4n) is 3.55. The lowest BCUT2D eigenvalue weighted by Crippen LogP contribution is -2.62. The highest BCUT2D eigenvalue weighted by Crippen LogP contribution is 2.46. The Kier molecular flexibility index (Phi) is 4.83. The molecule has 6 heteroatoms. The van der Waals surface area contributed by atoms with Gasteiger partial charge in [-0.2, -0.15) is 0 Å². The molecule has 0 radical (unpaired) electrons. The van der Waals surface area contributed by atoms with Crippen LogP contribution in [0.3, 0.4) is 0 Å². The molecule has 1 aromatic carbocycles. The van der Waals surface area contributed by atoms with E-state index in [9.17, 15) is 10.2 Å². The van der Waals surface area contributed by atoms with Crippen molar-refractivity contribution in [3.63, 3.8) is 0 Å². The molecule has 1 aromatic rings. The molecule has 0 spiro atoms. The van der Waals surface area contributed by atoms with Gasteiger partial charge in [0.1, 0.15) is 24.4 Å². The zero-order valence-electron chi connectivity index (χ0n) is 14.4. The minimum Gasteiger partial charge on any atom is -0.396 e. The molecule has 2 heterocycles. The van der Waals surface area contributed by atoms with E-state index >= 15 is 0 Å². The Hall–Kier alpha value is -1.02. The maximum absolute atomic E-state index is 10.6. The topological polar surface area (TPSA) is 77.4 Å². The quantitative estimate of drug-likeness (QED) is 0.836. The summed E-state index contributed by atoms with van der Waals surface area (Å²) >= 11 is 0. The van der Waals surface area contributed by atoms with Crippen molar-refractivity contribution in [1.82, 2.24) is 0 Å². The van der Waals surface area contributed by atoms with Gasteiger partial charge in [0.25, 0.3) is 0 Å². The third-order valence-corrected chi connectivity index (χ3v) is 5.54. The summed E-state index contributed by atoms with van der Waals surface area (Å²) in [6.45, 7) is 2.78. The summed E-state index contributed by atoms with van der Waals surface area (Å²) in [6.07, 6.45) is -0.862. The van der Waals surface area contributed by atoms with Crippen molar-refractivity contribution >= 4 is 0 Å². The second-order valence-corrected chi connectivity index (χ2v) is 7.48. The first-order valence-electron chi connectivity index (χ1n) is 9.00. The predicted octanol–water partition coefficient (Wildman–Crippen LogP) is 1.41. The van der Waals surface area contributed by atoms with Crippen LogP contribution < -0.4 is 0 Å². The predicted molar refractivity (Wildman–Crippen MR) is 88.8 cm³/mol. The summed E-state index contributed by atoms with van der Waals surface area (Å²) < 4.78 is 23.9. The molecule has 0 unspecified atom stereocenters. The zero-order valence-corrected chi connectivity index (χ0v) is 14.4. The zero-order chi connectivity index (χ0) is 17.4. The lowest BCUT2D eigenvalue weighted by Gasteiger charge is -2.47. The average Bonchev–Trinajstić information content (AvgIpc) is 3.43. The molecular weight excluding hydrogens is 324 g/mol. The van der Waals surface area contributed by atoms with Crippen molar-refractivity contribution in [1.29, 1.82) is 0 Å². The van der Waals surface area contributed by atoms with Crippen molar-refractivity contribution in [2.75, 3.05) is 19.8 Å². The highest BCUT2D eigenvalue weighted by molar-refractivity contribution is 5.16. The Morgan fingerprint density at radius 3 is 2.64 bits per heavy atom. The van der Waals surface area contributed by atoms with E-state index in [2.05, 4.69) is 0 Å². The van der Waals surface area contributed by atoms with Gasteiger partial charge < -0.3 is 29.2 Å². The van der Waals surface area contributed by atoms with Crippen LogP contribution >= 0.6 is 0 Å². The second kappa shape index (κ2) is 6.95. The lowest BCUT2D eigenvalue weighted by molar-refractivity contribution is -0.333. The van der Waals surface area contributed by atoms with E-state index in [-0.39, 0.29) is 24.2 Å². The molecule has 4 rings (SSSR count). The molecule has 1 aliphatic carbocycles. The van der Waals surface area contributed by atoms with E-state index in [0.29, 0.717) is 13.2 Å². The molecule has 2 N–H and O–H groups in total. The standard InChI is InChI=1S/C19H26O6/c1-12-15(21)17(23-11-19(10-20)7-8-19)16-14(24-12)9-22-18(25-16)13-5-3-2-4-6-13/h2-6,12,14-18,20-21H,7-11H2,1H3/t12-,14-,15-,16-,17+,18-/m1/s1. The maximum Gasteiger partial charge on any atom is 0.184 e. The molecule has 6 atom stereocenters. The smallest absolute Gasteiger partial charge is 0.184 e. The van der Waals surface area contributed by atoms with Crippen LogP contribution in [0.2, 0.25) is 0 Å². The normalized spacial score (nSPS) is 39.6. The highest BCUT2D eigenvalue weighted by Gasteiger charge is 2.50. The Labute approximate surface area is 147 Å². The van der Waals surface area contributed by atoms with Crippen LogP contribution in [0.1, 0.15) is 31.6 Å². The Balaban J connectivity index is 1.49. The summed E-state index contributed by atoms with van der Waals surface area (Å²) in [5.74, 6) is 0. The number of aliphatic hydroxyl groups is 2. The van der Waals surface area contributed by atoms with Crippen LogP contribution in [-0.4, -0.2) is 60.6 Å². The Morgan fingerprint density at radius 1 is 1.20 bits per heavy atom. The van der Waals surface area contributed by atoms with Crippen molar-refractivity contribution in [3.05, 3.63) is 35.9 Å². The minimum absolute atomic E-state index is 0.118. The van der Waals surface area contributed by atoms with Crippen LogP contribution in [0, 0.1) is 5.41 Å². The van der Waals surface area contributed by atoms with Gasteiger partial charge in [-0.25, -0.2) is 0 Å². The first kappa shape index (κ1) is 17.4. The summed E-state index contributed by atoms with van der Waals surface area (Å²) in [5.41, 5.74) is 0.794. The highest BCUT2D eigenvalue weighted by atomic mass is 16.7. The molecule has 25 heavy (non-hydrogen) atoms. The van der Waals surface area contributed by atoms with E-state index in [1.165, 1.54) is 0 Å². The van der Waals surface area contributed by atoms with Gasteiger partial charge in [-0.1, -0.05) is 30.3 Å². The van der Waals surface area contributed by atoms with Crippen molar-refractivity contribution < 1.29 is 29.2 Å². The SMILES string of the molecule is C[C@H]1O[C@@H]2CO[C@@H](c3ccccc3)O[C@H]2[C@@H](OCC2(CO)CC2)[C@@H]1O. The van der Waals surface area contributed by atoms with Crippen molar-refractivity contribution in [2.45, 2.75) is 56.6 Å². The van der Waals surface area contributed by atoms with Crippen LogP contribution in [0.4, 0.5) is 0 Å². The number of fused-ring (bicyclic) bond motifs is 1. The van der Waals surface area contributed by atoms with Gasteiger partial charge in [-0.05, 0) is 19.8 Å². The fourth-order valence-corrected chi connectivity index (χ4v) is 3.55. The van der Waals surface area contributed by atoms with E-state index in [1.807, 2.05) is 37.3 Å². The first-order valence-corrected chi connectivity index (χ1v) is 9.00. The van der Waals surface area contributed by atoms with Crippen LogP contribution in [0.15, 0.2) is 30.3 Å². The van der Waals surface area contributed by atoms with Gasteiger partial charge in [0.05, 0.1) is 25.9 Å². The van der Waals surface area contributed by atoms with E-state index in [0.717, 1.165) is 18.4 Å². The van der Waals surface area contributed by atoms with Gasteiger partial charge >= 0.3 is 0 Å². The largest absolute Gasteiger partial charge is 0.396 e. The number of hydrogen-bond acceptors (Lipinski definition) is 6. The average molecular weight is 350 g/mol. The molecule has 6 nitrogen and oxygen atoms in total. The second-order valence-electron chi connectivity index (χ2n) is 7.48. The number of aliphatic hydroxyl groups excluding tert-OH is 2. The lowest BCUT2D eigenvalue weighted by atomic mass is 9.94. The van der Waals surface area contributed by atoms with E-state index < -0.39 is 24.6 Å². The summed E-state index contributed by atoms with van der Waals surface area (Å²) in [7, 11) is 0. The van der Waals surface area contributed by atoms with Crippen molar-refractivity contribution in [3.8, 4) is 0 Å². The number of ether oxygens (including phenoxy) is 4. The minimum atomic E-state index is -0.773. The van der Waals surface area contributed by atoms with Crippen LogP contribution in [-0.2, 0) is 18.9 Å². The molecule has 1 saturated carbocycles. The Bertz CT molecular complexity index is 575. The third-order valence-electron chi connectivity index (χ3n) is 5.54. The number of benzene rings is 1. The molecule has 0 amide bonds. The molecule has 0 bridgehead atoms. The number of rotatable bonds is 5.